The molecular weight excluding hydrogens is 1420 g/mol. The minimum Gasteiger partial charge on any atom is -0.457 e. The van der Waals surface area contributed by atoms with Gasteiger partial charge in [-0.2, -0.15) is 0 Å². The normalized spacial score (nSPS) is 10.4. The molecule has 0 saturated carbocycles. The topological polar surface area (TPSA) is 37.0 Å². The van der Waals surface area contributed by atoms with Gasteiger partial charge in [-0.3, -0.25) is 4.70 Å². The molecule has 0 aliphatic carbocycles. The molecule has 16 aromatic rings. The number of hydrogen-bond donors (Lipinski definition) is 1. The SMILES string of the molecule is Brc1cc(Br)cc(Oc2ccccc2)c1.C.F.c1ccc(-c2cccc(Nc3cccc(-c4ccccc4)c3)c2)cc1.c1ccc(Oc2cc(N(c3cccc(-c4ccccc4)c3)c3cccc(-c4ccccc4)c3)cc(N(c3cccc(-c4ccccc4)c3)c3cccc(-c4ccccc4)c3)c2)cc1. The molecule has 105 heavy (non-hydrogen) atoms. The molecule has 0 amide bonds. The first-order valence-electron chi connectivity index (χ1n) is 34.2. The van der Waals surface area contributed by atoms with Gasteiger partial charge in [-0.25, -0.2) is 0 Å². The second-order valence-electron chi connectivity index (χ2n) is 24.5. The van der Waals surface area contributed by atoms with Crippen LogP contribution in [0.4, 0.5) is 50.2 Å². The zero-order valence-corrected chi connectivity index (χ0v) is 60.0. The van der Waals surface area contributed by atoms with Crippen molar-refractivity contribution in [1.82, 2.24) is 0 Å². The minimum absolute atomic E-state index is 0. The third-order valence-electron chi connectivity index (χ3n) is 17.3. The van der Waals surface area contributed by atoms with Crippen LogP contribution in [-0.2, 0) is 0 Å². The molecule has 8 heteroatoms. The fourth-order valence-corrected chi connectivity index (χ4v) is 13.7. The number of nitrogens with zero attached hydrogens (tertiary/aromatic N) is 2. The Balaban J connectivity index is 0.000000200. The number of para-hydroxylation sites is 2. The fourth-order valence-electron chi connectivity index (χ4n) is 12.4. The van der Waals surface area contributed by atoms with Crippen LogP contribution in [-0.4, -0.2) is 0 Å². The van der Waals surface area contributed by atoms with Crippen LogP contribution in [0.5, 0.6) is 23.0 Å². The van der Waals surface area contributed by atoms with Gasteiger partial charge < -0.3 is 24.6 Å². The summed E-state index contributed by atoms with van der Waals surface area (Å²) >= 11 is 6.83. The molecule has 0 aliphatic rings. The van der Waals surface area contributed by atoms with Crippen LogP contribution in [0.25, 0.3) is 66.8 Å². The predicted octanol–water partition coefficient (Wildman–Crippen LogP) is 29.6. The highest BCUT2D eigenvalue weighted by atomic mass is 79.9. The summed E-state index contributed by atoms with van der Waals surface area (Å²) in [6, 6.07) is 148. The van der Waals surface area contributed by atoms with E-state index in [0.717, 1.165) is 116 Å². The van der Waals surface area contributed by atoms with E-state index in [0.29, 0.717) is 5.75 Å². The van der Waals surface area contributed by atoms with Crippen molar-refractivity contribution in [2.75, 3.05) is 15.1 Å². The Morgan fingerprint density at radius 3 is 0.695 bits per heavy atom. The Morgan fingerprint density at radius 2 is 0.419 bits per heavy atom. The molecule has 0 aromatic heterocycles. The lowest BCUT2D eigenvalue weighted by atomic mass is 10.0. The molecule has 0 fully saturated rings. The van der Waals surface area contributed by atoms with Crippen LogP contribution in [0.1, 0.15) is 7.43 Å². The number of benzene rings is 16. The van der Waals surface area contributed by atoms with Crippen LogP contribution in [0, 0.1) is 0 Å². The van der Waals surface area contributed by atoms with Gasteiger partial charge in [0.1, 0.15) is 23.0 Å². The van der Waals surface area contributed by atoms with Crippen LogP contribution < -0.4 is 24.6 Å². The average Bonchev–Trinajstić information content (AvgIpc) is 0.770. The Labute approximate surface area is 632 Å². The van der Waals surface area contributed by atoms with Crippen molar-refractivity contribution in [2.45, 2.75) is 7.43 Å². The zero-order chi connectivity index (χ0) is 69.8. The van der Waals surface area contributed by atoms with Gasteiger partial charge in [0.05, 0.1) is 11.4 Å². The molecule has 512 valence electrons. The molecule has 1 N–H and O–H groups in total. The minimum atomic E-state index is 0. The summed E-state index contributed by atoms with van der Waals surface area (Å²) in [6.45, 7) is 0. The van der Waals surface area contributed by atoms with Gasteiger partial charge in [0.25, 0.3) is 0 Å². The number of rotatable bonds is 18. The van der Waals surface area contributed by atoms with Crippen molar-refractivity contribution in [3.05, 3.63) is 434 Å². The summed E-state index contributed by atoms with van der Waals surface area (Å²) in [5.74, 6) is 3.11. The molecule has 0 heterocycles. The zero-order valence-electron chi connectivity index (χ0n) is 56.8. The average molecular weight is 1490 g/mol. The van der Waals surface area contributed by atoms with Crippen LogP contribution >= 0.6 is 31.9 Å². The van der Waals surface area contributed by atoms with Gasteiger partial charge >= 0.3 is 0 Å². The quantitative estimate of drug-likeness (QED) is 0.0927. The lowest BCUT2D eigenvalue weighted by Crippen LogP contribution is -2.14. The molecule has 0 unspecified atom stereocenters. The van der Waals surface area contributed by atoms with E-state index in [1.165, 1.54) is 22.3 Å². The van der Waals surface area contributed by atoms with E-state index in [4.69, 9.17) is 9.47 Å². The van der Waals surface area contributed by atoms with Crippen molar-refractivity contribution in [3.8, 4) is 89.8 Å². The van der Waals surface area contributed by atoms with Crippen molar-refractivity contribution < 1.29 is 14.2 Å². The highest BCUT2D eigenvalue weighted by Crippen LogP contribution is 2.46. The first kappa shape index (κ1) is 72.2. The van der Waals surface area contributed by atoms with Crippen LogP contribution in [0.15, 0.2) is 434 Å². The number of ether oxygens (including phenoxy) is 2. The third-order valence-corrected chi connectivity index (χ3v) is 18.2. The molecule has 0 saturated heterocycles. The maximum atomic E-state index is 6.82. The summed E-state index contributed by atoms with van der Waals surface area (Å²) in [7, 11) is 0. The molecule has 5 nitrogen and oxygen atoms in total. The maximum absolute atomic E-state index is 6.82. The van der Waals surface area contributed by atoms with E-state index in [2.05, 4.69) is 381 Å². The molecule has 16 aromatic carbocycles. The van der Waals surface area contributed by atoms with Crippen molar-refractivity contribution in [1.29, 1.82) is 0 Å². The second kappa shape index (κ2) is 35.8. The van der Waals surface area contributed by atoms with Crippen molar-refractivity contribution in [3.63, 3.8) is 0 Å². The first-order valence-corrected chi connectivity index (χ1v) is 35.8. The number of anilines is 8. The van der Waals surface area contributed by atoms with Gasteiger partial charge in [-0.05, 0) is 188 Å². The molecule has 16 rings (SSSR count). The van der Waals surface area contributed by atoms with Gasteiger partial charge in [0, 0.05) is 55.2 Å². The number of nitrogens with one attached hydrogen (secondary N) is 1. The van der Waals surface area contributed by atoms with Crippen molar-refractivity contribution >= 4 is 77.4 Å². The predicted molar refractivity (Wildman–Crippen MR) is 449 cm³/mol. The summed E-state index contributed by atoms with van der Waals surface area (Å²) < 4.78 is 14.5. The lowest BCUT2D eigenvalue weighted by Gasteiger charge is -2.31. The summed E-state index contributed by atoms with van der Waals surface area (Å²) in [6.07, 6.45) is 0. The van der Waals surface area contributed by atoms with Crippen LogP contribution in [0.3, 0.4) is 0 Å². The highest BCUT2D eigenvalue weighted by Gasteiger charge is 2.22. The molecule has 0 spiro atoms. The molecule has 0 aliphatic heterocycles. The van der Waals surface area contributed by atoms with E-state index in [1.54, 1.807) is 0 Å². The van der Waals surface area contributed by atoms with E-state index < -0.39 is 0 Å². The summed E-state index contributed by atoms with van der Waals surface area (Å²) in [5.41, 5.74) is 22.2. The van der Waals surface area contributed by atoms with Gasteiger partial charge in [0.2, 0.25) is 0 Å². The highest BCUT2D eigenvalue weighted by molar-refractivity contribution is 9.11. The molecule has 0 radical (unpaired) electrons. The molecular formula is C97H76Br2FN3O2. The Morgan fingerprint density at radius 1 is 0.190 bits per heavy atom. The van der Waals surface area contributed by atoms with Gasteiger partial charge in [-0.15, -0.1) is 0 Å². The lowest BCUT2D eigenvalue weighted by molar-refractivity contribution is 0.482. The first-order chi connectivity index (χ1) is 50.8. The Hall–Kier alpha value is -12.6. The maximum Gasteiger partial charge on any atom is 0.131 e. The second-order valence-corrected chi connectivity index (χ2v) is 26.3. The third kappa shape index (κ3) is 19.1. The van der Waals surface area contributed by atoms with Gasteiger partial charge in [0.15, 0.2) is 0 Å². The summed E-state index contributed by atoms with van der Waals surface area (Å²) in [4.78, 5) is 4.69. The smallest absolute Gasteiger partial charge is 0.131 e. The number of hydrogen-bond acceptors (Lipinski definition) is 5. The van der Waals surface area contributed by atoms with Gasteiger partial charge in [-0.1, -0.05) is 330 Å². The van der Waals surface area contributed by atoms with Crippen LogP contribution in [0.2, 0.25) is 0 Å². The Kier molecular flexibility index (Phi) is 24.6. The molecule has 0 bridgehead atoms. The standard InChI is InChI=1S/C60H44N2O.C24H19N.C12H8Br2O.CH4.FH/c1-6-20-45(21-7-1)49-28-16-32-53(38-49)61(54-33-17-29-50(39-54)46-22-8-2-9-23-46)57-42-58(44-60(43-57)63-59-36-14-5-15-37-59)62(55-34-18-30-51(40-55)47-24-10-3-11-25-47)56-35-19-31-52(41-56)48-26-12-4-13-27-48;1-3-9-19(10-4-1)21-13-7-15-23(17-21)25-24-16-8-14-22(18-24)20-11-5-2-6-12-20;13-9-6-10(14)8-12(7-9)15-11-4-2-1-3-5-11;;/h1-44H;1-18,25H;1-8H;1H4;1H. The molecule has 0 atom stereocenters. The number of halogens is 3. The van der Waals surface area contributed by atoms with E-state index in [1.807, 2.05) is 91.0 Å². The summed E-state index contributed by atoms with van der Waals surface area (Å²) in [5, 5.41) is 3.52. The monoisotopic (exact) mass is 1490 g/mol. The Bertz CT molecular complexity index is 4940. The van der Waals surface area contributed by atoms with E-state index in [9.17, 15) is 0 Å². The van der Waals surface area contributed by atoms with Crippen molar-refractivity contribution in [2.24, 2.45) is 0 Å². The van der Waals surface area contributed by atoms with E-state index in [-0.39, 0.29) is 12.1 Å². The fraction of sp³-hybridized carbons (Fsp3) is 0.0103. The van der Waals surface area contributed by atoms with E-state index >= 15 is 0 Å². The largest absolute Gasteiger partial charge is 0.457 e.